The molecule has 1 aliphatic heterocycles. The number of aromatic nitrogens is 1. The molecule has 2 N–H and O–H groups in total. The standard InChI is InChI=1S/C23H16ClF6N3O3/c24-17-6-12(11-34)10-31-20(17)33-4-5-36-19-16(2-1-3-18(19)33)21(35)32-15-8-13(22(25,26)27)7-14(9-15)23(28,29)30/h1-3,6-10,34H,4-5,11H2,(H,32,35). The first-order valence-electron chi connectivity index (χ1n) is 10.3. The van der Waals surface area contributed by atoms with E-state index in [1.54, 1.807) is 11.0 Å². The van der Waals surface area contributed by atoms with Crippen LogP contribution in [0.25, 0.3) is 0 Å². The summed E-state index contributed by atoms with van der Waals surface area (Å²) >= 11 is 6.30. The third-order valence-corrected chi connectivity index (χ3v) is 5.53. The number of nitrogens with zero attached hydrogens (tertiary/aromatic N) is 2. The van der Waals surface area contributed by atoms with Crippen molar-refractivity contribution in [3.8, 4) is 5.75 Å². The van der Waals surface area contributed by atoms with Gasteiger partial charge in [-0.1, -0.05) is 17.7 Å². The van der Waals surface area contributed by atoms with Gasteiger partial charge in [-0.3, -0.25) is 4.79 Å². The van der Waals surface area contributed by atoms with Gasteiger partial charge in [-0.25, -0.2) is 4.98 Å². The number of amides is 1. The fourth-order valence-electron chi connectivity index (χ4n) is 3.63. The van der Waals surface area contributed by atoms with Crippen molar-refractivity contribution in [2.75, 3.05) is 23.4 Å². The summed E-state index contributed by atoms with van der Waals surface area (Å²) in [5.74, 6) is -0.618. The van der Waals surface area contributed by atoms with Crippen LogP contribution >= 0.6 is 11.6 Å². The minimum Gasteiger partial charge on any atom is -0.489 e. The second-order valence-electron chi connectivity index (χ2n) is 7.71. The normalized spacial score (nSPS) is 13.7. The predicted molar refractivity (Wildman–Crippen MR) is 119 cm³/mol. The van der Waals surface area contributed by atoms with Crippen LogP contribution in [-0.2, 0) is 19.0 Å². The zero-order valence-electron chi connectivity index (χ0n) is 18.0. The minimum atomic E-state index is -5.06. The second-order valence-corrected chi connectivity index (χ2v) is 8.12. The van der Waals surface area contributed by atoms with Gasteiger partial charge in [0.15, 0.2) is 11.6 Å². The zero-order chi connectivity index (χ0) is 26.3. The fourth-order valence-corrected chi connectivity index (χ4v) is 3.92. The van der Waals surface area contributed by atoms with E-state index in [1.807, 2.05) is 0 Å². The van der Waals surface area contributed by atoms with E-state index in [2.05, 4.69) is 10.3 Å². The number of para-hydroxylation sites is 1. The van der Waals surface area contributed by atoms with Gasteiger partial charge in [0.25, 0.3) is 5.91 Å². The Morgan fingerprint density at radius 3 is 2.33 bits per heavy atom. The molecule has 2 heterocycles. The highest BCUT2D eigenvalue weighted by Crippen LogP contribution is 2.42. The summed E-state index contributed by atoms with van der Waals surface area (Å²) in [7, 11) is 0. The highest BCUT2D eigenvalue weighted by molar-refractivity contribution is 6.33. The first-order valence-corrected chi connectivity index (χ1v) is 10.7. The number of nitrogens with one attached hydrogen (secondary N) is 1. The van der Waals surface area contributed by atoms with Crippen molar-refractivity contribution in [2.24, 2.45) is 0 Å². The average Bonchev–Trinajstić information content (AvgIpc) is 2.82. The van der Waals surface area contributed by atoms with Gasteiger partial charge in [0.05, 0.1) is 40.6 Å². The Hall–Kier alpha value is -3.51. The summed E-state index contributed by atoms with van der Waals surface area (Å²) in [5, 5.41) is 11.6. The van der Waals surface area contributed by atoms with Crippen molar-refractivity contribution in [1.29, 1.82) is 0 Å². The Morgan fingerprint density at radius 1 is 1.08 bits per heavy atom. The van der Waals surface area contributed by atoms with Crippen molar-refractivity contribution in [1.82, 2.24) is 4.98 Å². The molecule has 0 saturated carbocycles. The number of aliphatic hydroxyl groups excluding tert-OH is 1. The molecule has 13 heteroatoms. The molecule has 0 bridgehead atoms. The number of pyridine rings is 1. The molecular weight excluding hydrogens is 516 g/mol. The second kappa shape index (κ2) is 9.51. The summed E-state index contributed by atoms with van der Waals surface area (Å²) in [6, 6.07) is 6.71. The lowest BCUT2D eigenvalue weighted by Crippen LogP contribution is -2.31. The van der Waals surface area contributed by atoms with E-state index in [9.17, 15) is 36.2 Å². The molecule has 0 fully saturated rings. The molecule has 0 spiro atoms. The van der Waals surface area contributed by atoms with Gasteiger partial charge in [0, 0.05) is 11.9 Å². The van der Waals surface area contributed by atoms with E-state index in [0.29, 0.717) is 29.2 Å². The number of carbonyl (C=O) groups is 1. The van der Waals surface area contributed by atoms with Gasteiger partial charge >= 0.3 is 12.4 Å². The van der Waals surface area contributed by atoms with Crippen LogP contribution in [0.5, 0.6) is 5.75 Å². The predicted octanol–water partition coefficient (Wildman–Crippen LogP) is 6.05. The number of hydrogen-bond acceptors (Lipinski definition) is 5. The molecule has 1 aromatic heterocycles. The number of benzene rings is 2. The molecule has 0 unspecified atom stereocenters. The molecule has 0 atom stereocenters. The lowest BCUT2D eigenvalue weighted by Gasteiger charge is -2.32. The monoisotopic (exact) mass is 531 g/mol. The average molecular weight is 532 g/mol. The number of hydrogen-bond donors (Lipinski definition) is 2. The summed E-state index contributed by atoms with van der Waals surface area (Å²) < 4.78 is 84.7. The number of fused-ring (bicyclic) bond motifs is 1. The van der Waals surface area contributed by atoms with Gasteiger partial charge < -0.3 is 20.1 Å². The van der Waals surface area contributed by atoms with E-state index in [-0.39, 0.29) is 42.2 Å². The van der Waals surface area contributed by atoms with Crippen LogP contribution in [0.1, 0.15) is 27.0 Å². The zero-order valence-corrected chi connectivity index (χ0v) is 18.8. The van der Waals surface area contributed by atoms with Gasteiger partial charge in [0.1, 0.15) is 6.61 Å². The molecule has 4 rings (SSSR count). The summed E-state index contributed by atoms with van der Waals surface area (Å²) in [4.78, 5) is 18.8. The Bertz CT molecular complexity index is 1280. The number of alkyl halides is 6. The van der Waals surface area contributed by atoms with Crippen LogP contribution in [-0.4, -0.2) is 29.1 Å². The number of anilines is 3. The smallest absolute Gasteiger partial charge is 0.416 e. The topological polar surface area (TPSA) is 74.7 Å². The highest BCUT2D eigenvalue weighted by Gasteiger charge is 2.37. The number of carbonyl (C=O) groups excluding carboxylic acids is 1. The fraction of sp³-hybridized carbons (Fsp3) is 0.217. The largest absolute Gasteiger partial charge is 0.489 e. The van der Waals surface area contributed by atoms with Crippen LogP contribution in [0.15, 0.2) is 48.7 Å². The number of rotatable bonds is 4. The molecule has 2 aromatic carbocycles. The third kappa shape index (κ3) is 5.19. The van der Waals surface area contributed by atoms with E-state index >= 15 is 0 Å². The lowest BCUT2D eigenvalue weighted by atomic mass is 10.1. The summed E-state index contributed by atoms with van der Waals surface area (Å²) in [6.07, 6.45) is -8.71. The van der Waals surface area contributed by atoms with Crippen LogP contribution < -0.4 is 15.0 Å². The SMILES string of the molecule is O=C(Nc1cc(C(F)(F)F)cc(C(F)(F)F)c1)c1cccc2c1OCCN2c1ncc(CO)cc1Cl. The van der Waals surface area contributed by atoms with Crippen molar-refractivity contribution < 1.29 is 41.0 Å². The van der Waals surface area contributed by atoms with Gasteiger partial charge in [0.2, 0.25) is 0 Å². The quantitative estimate of drug-likeness (QED) is 0.401. The van der Waals surface area contributed by atoms with Gasteiger partial charge in [-0.15, -0.1) is 0 Å². The van der Waals surface area contributed by atoms with E-state index < -0.39 is 35.1 Å². The Labute approximate surface area is 205 Å². The maximum atomic E-state index is 13.2. The first kappa shape index (κ1) is 25.6. The highest BCUT2D eigenvalue weighted by atomic mass is 35.5. The molecule has 36 heavy (non-hydrogen) atoms. The van der Waals surface area contributed by atoms with Crippen molar-refractivity contribution in [3.63, 3.8) is 0 Å². The molecule has 1 aliphatic rings. The van der Waals surface area contributed by atoms with Gasteiger partial charge in [-0.2, -0.15) is 26.3 Å². The van der Waals surface area contributed by atoms with Crippen LogP contribution in [0.4, 0.5) is 43.5 Å². The first-order chi connectivity index (χ1) is 16.9. The van der Waals surface area contributed by atoms with Crippen LogP contribution in [0.3, 0.4) is 0 Å². The molecule has 190 valence electrons. The number of halogens is 7. The molecule has 3 aromatic rings. The number of aliphatic hydroxyl groups is 1. The molecule has 1 amide bonds. The molecule has 6 nitrogen and oxygen atoms in total. The molecular formula is C23H16ClF6N3O3. The van der Waals surface area contributed by atoms with Crippen molar-refractivity contribution in [3.05, 3.63) is 75.9 Å². The lowest BCUT2D eigenvalue weighted by molar-refractivity contribution is -0.143. The van der Waals surface area contributed by atoms with E-state index in [4.69, 9.17) is 16.3 Å². The van der Waals surface area contributed by atoms with Crippen molar-refractivity contribution in [2.45, 2.75) is 19.0 Å². The van der Waals surface area contributed by atoms with Crippen molar-refractivity contribution >= 4 is 34.7 Å². The maximum absolute atomic E-state index is 13.2. The van der Waals surface area contributed by atoms with E-state index in [1.165, 1.54) is 24.4 Å². The third-order valence-electron chi connectivity index (χ3n) is 5.25. The molecule has 0 radical (unpaired) electrons. The van der Waals surface area contributed by atoms with Crippen LogP contribution in [0, 0.1) is 0 Å². The Kier molecular flexibility index (Phi) is 6.76. The minimum absolute atomic E-state index is 0.0279. The molecule has 0 aliphatic carbocycles. The summed E-state index contributed by atoms with van der Waals surface area (Å²) in [6.45, 7) is 0.0906. The Balaban J connectivity index is 1.70. The number of ether oxygens (including phenoxy) is 1. The van der Waals surface area contributed by atoms with Gasteiger partial charge in [-0.05, 0) is 42.0 Å². The van der Waals surface area contributed by atoms with E-state index in [0.717, 1.165) is 0 Å². The maximum Gasteiger partial charge on any atom is 0.416 e. The Morgan fingerprint density at radius 2 is 1.75 bits per heavy atom. The molecule has 0 saturated heterocycles. The summed E-state index contributed by atoms with van der Waals surface area (Å²) in [5.41, 5.74) is -3.08. The van der Waals surface area contributed by atoms with Crippen LogP contribution in [0.2, 0.25) is 5.02 Å².